The van der Waals surface area contributed by atoms with Gasteiger partial charge in [-0.1, -0.05) is 30.3 Å². The molecule has 0 saturated heterocycles. The minimum Gasteiger partial charge on any atom is -0.505 e. The molecule has 0 fully saturated rings. The first-order valence-corrected chi connectivity index (χ1v) is 8.21. The number of alkyl halides is 3. The van der Waals surface area contributed by atoms with Crippen LogP contribution in [0.25, 0.3) is 11.0 Å². The Balaban J connectivity index is 2.06. The van der Waals surface area contributed by atoms with Gasteiger partial charge < -0.3 is 14.8 Å². The van der Waals surface area contributed by atoms with Crippen LogP contribution in [0.5, 0.6) is 5.75 Å². The topological polar surface area (TPSA) is 92.4 Å². The number of carbonyl (C=O) groups is 2. The summed E-state index contributed by atoms with van der Waals surface area (Å²) < 4.78 is 40.0. The van der Waals surface area contributed by atoms with Crippen molar-refractivity contribution in [2.24, 2.45) is 7.05 Å². The lowest BCUT2D eigenvalue weighted by Crippen LogP contribution is -2.12. The van der Waals surface area contributed by atoms with Crippen molar-refractivity contribution >= 4 is 22.8 Å². The average Bonchev–Trinajstić information content (AvgIpc) is 2.98. The van der Waals surface area contributed by atoms with Gasteiger partial charge in [-0.05, 0) is 12.5 Å². The van der Waals surface area contributed by atoms with Crippen LogP contribution in [0, 0.1) is 0 Å². The number of hydrogen-bond acceptors (Lipinski definition) is 4. The molecule has 0 aliphatic rings. The third-order valence-corrected chi connectivity index (χ3v) is 4.44. The first kappa shape index (κ1) is 19.4. The largest absolute Gasteiger partial charge is 0.505 e. The molecular formula is C19H15F3N2O4. The molecule has 0 atom stereocenters. The molecule has 3 aromatic rings. The van der Waals surface area contributed by atoms with Crippen molar-refractivity contribution in [2.75, 3.05) is 0 Å². The maximum Gasteiger partial charge on any atom is 0.449 e. The number of hydrogen-bond donors (Lipinski definition) is 2. The number of aromatic nitrogens is 2. The van der Waals surface area contributed by atoms with Crippen molar-refractivity contribution in [3.05, 3.63) is 58.9 Å². The second-order valence-corrected chi connectivity index (χ2v) is 6.21. The van der Waals surface area contributed by atoms with Crippen LogP contribution < -0.4 is 0 Å². The number of Topliss-reactive ketones (excluding diaryl/α,β-unsaturated/α-hetero) is 1. The molecule has 3 rings (SSSR count). The Morgan fingerprint density at radius 2 is 1.82 bits per heavy atom. The Bertz CT molecular complexity index is 1070. The molecule has 28 heavy (non-hydrogen) atoms. The SMILES string of the molecule is Cn1c(C(F)(F)F)nc2c(O)c(CCC(=O)c3ccccc3)c(C(=O)O)cc21. The lowest BCUT2D eigenvalue weighted by atomic mass is 9.97. The summed E-state index contributed by atoms with van der Waals surface area (Å²) in [7, 11) is 1.09. The van der Waals surface area contributed by atoms with Gasteiger partial charge in [-0.3, -0.25) is 4.79 Å². The number of fused-ring (bicyclic) bond motifs is 1. The van der Waals surface area contributed by atoms with Gasteiger partial charge in [-0.15, -0.1) is 0 Å². The summed E-state index contributed by atoms with van der Waals surface area (Å²) in [4.78, 5) is 27.3. The predicted octanol–water partition coefficient (Wildman–Crippen LogP) is 3.81. The van der Waals surface area contributed by atoms with Crippen LogP contribution in [-0.2, 0) is 19.6 Å². The molecular weight excluding hydrogens is 377 g/mol. The fourth-order valence-electron chi connectivity index (χ4n) is 3.05. The van der Waals surface area contributed by atoms with E-state index in [1.54, 1.807) is 30.3 Å². The van der Waals surface area contributed by atoms with Crippen LogP contribution in [-0.4, -0.2) is 31.5 Å². The van der Waals surface area contributed by atoms with Gasteiger partial charge in [-0.25, -0.2) is 9.78 Å². The quantitative estimate of drug-likeness (QED) is 0.644. The molecule has 2 N–H and O–H groups in total. The minimum absolute atomic E-state index is 0.123. The zero-order valence-electron chi connectivity index (χ0n) is 14.6. The van der Waals surface area contributed by atoms with Gasteiger partial charge in [0, 0.05) is 24.6 Å². The normalized spacial score (nSPS) is 11.7. The van der Waals surface area contributed by atoms with E-state index in [0.717, 1.165) is 13.1 Å². The van der Waals surface area contributed by atoms with Crippen molar-refractivity contribution < 1.29 is 33.0 Å². The summed E-state index contributed by atoms with van der Waals surface area (Å²) in [6.45, 7) is 0. The Morgan fingerprint density at radius 1 is 1.18 bits per heavy atom. The first-order valence-electron chi connectivity index (χ1n) is 8.21. The molecule has 1 aromatic heterocycles. The average molecular weight is 392 g/mol. The van der Waals surface area contributed by atoms with E-state index in [1.165, 1.54) is 0 Å². The van der Waals surface area contributed by atoms with Gasteiger partial charge in [0.1, 0.15) is 11.3 Å². The number of imidazole rings is 1. The van der Waals surface area contributed by atoms with Crippen LogP contribution in [0.4, 0.5) is 13.2 Å². The smallest absolute Gasteiger partial charge is 0.449 e. The van der Waals surface area contributed by atoms with Crippen molar-refractivity contribution in [3.63, 3.8) is 0 Å². The van der Waals surface area contributed by atoms with Crippen LogP contribution in [0.1, 0.15) is 38.5 Å². The standard InChI is InChI=1S/C19H15F3N2O4/c1-24-13-9-12(17(27)28)11(7-8-14(25)10-5-3-2-4-6-10)16(26)15(13)23-18(24)19(20,21)22/h2-6,9,26H,7-8H2,1H3,(H,27,28). The molecule has 146 valence electrons. The van der Waals surface area contributed by atoms with E-state index in [1.807, 2.05) is 0 Å². The Labute approximate surface area is 156 Å². The number of nitrogens with zero attached hydrogens (tertiary/aromatic N) is 2. The number of halogens is 3. The van der Waals surface area contributed by atoms with E-state index < -0.39 is 23.7 Å². The number of aromatic hydroxyl groups is 1. The molecule has 0 aliphatic heterocycles. The second kappa shape index (κ2) is 6.99. The summed E-state index contributed by atoms with van der Waals surface area (Å²) in [5.74, 6) is -3.63. The second-order valence-electron chi connectivity index (χ2n) is 6.21. The van der Waals surface area contributed by atoms with Crippen LogP contribution >= 0.6 is 0 Å². The highest BCUT2D eigenvalue weighted by molar-refractivity contribution is 5.99. The highest BCUT2D eigenvalue weighted by Gasteiger charge is 2.37. The lowest BCUT2D eigenvalue weighted by Gasteiger charge is -2.10. The zero-order chi connectivity index (χ0) is 20.6. The van der Waals surface area contributed by atoms with Gasteiger partial charge in [0.25, 0.3) is 0 Å². The monoisotopic (exact) mass is 392 g/mol. The number of rotatable bonds is 5. The van der Waals surface area contributed by atoms with Crippen LogP contribution in [0.2, 0.25) is 0 Å². The molecule has 2 aromatic carbocycles. The third-order valence-electron chi connectivity index (χ3n) is 4.44. The van der Waals surface area contributed by atoms with Gasteiger partial charge in [0.15, 0.2) is 5.78 Å². The van der Waals surface area contributed by atoms with Crippen molar-refractivity contribution in [2.45, 2.75) is 19.0 Å². The summed E-state index contributed by atoms with van der Waals surface area (Å²) in [6, 6.07) is 9.30. The summed E-state index contributed by atoms with van der Waals surface area (Å²) in [5, 5.41) is 19.9. The molecule has 0 radical (unpaired) electrons. The van der Waals surface area contributed by atoms with Crippen molar-refractivity contribution in [3.8, 4) is 5.75 Å². The zero-order valence-corrected chi connectivity index (χ0v) is 14.6. The summed E-state index contributed by atoms with van der Waals surface area (Å²) >= 11 is 0. The Hall–Kier alpha value is -3.36. The molecule has 9 heteroatoms. The molecule has 0 unspecified atom stereocenters. The third kappa shape index (κ3) is 3.42. The van der Waals surface area contributed by atoms with Gasteiger partial charge in [-0.2, -0.15) is 13.2 Å². The van der Waals surface area contributed by atoms with Crippen molar-refractivity contribution in [1.82, 2.24) is 9.55 Å². The summed E-state index contributed by atoms with van der Waals surface area (Å²) in [5.41, 5.74) is -0.613. The number of ketones is 1. The lowest BCUT2D eigenvalue weighted by molar-refractivity contribution is -0.146. The highest BCUT2D eigenvalue weighted by atomic mass is 19.4. The molecule has 0 saturated carbocycles. The van der Waals surface area contributed by atoms with Crippen molar-refractivity contribution in [1.29, 1.82) is 0 Å². The number of benzene rings is 2. The molecule has 0 amide bonds. The highest BCUT2D eigenvalue weighted by Crippen LogP contribution is 2.37. The molecule has 0 aliphatic carbocycles. The van der Waals surface area contributed by atoms with E-state index >= 15 is 0 Å². The molecule has 0 bridgehead atoms. The number of carboxylic acids is 1. The minimum atomic E-state index is -4.77. The predicted molar refractivity (Wildman–Crippen MR) is 93.4 cm³/mol. The summed E-state index contributed by atoms with van der Waals surface area (Å²) in [6.07, 6.45) is -5.05. The number of carboxylic acid groups (broad SMARTS) is 1. The van der Waals surface area contributed by atoms with Gasteiger partial charge >= 0.3 is 12.1 Å². The van der Waals surface area contributed by atoms with Gasteiger partial charge in [0.2, 0.25) is 5.82 Å². The van der Waals surface area contributed by atoms with E-state index in [2.05, 4.69) is 4.98 Å². The van der Waals surface area contributed by atoms with Crippen LogP contribution in [0.15, 0.2) is 36.4 Å². The Morgan fingerprint density at radius 3 is 2.39 bits per heavy atom. The van der Waals surface area contributed by atoms with E-state index in [9.17, 15) is 33.0 Å². The van der Waals surface area contributed by atoms with E-state index in [4.69, 9.17) is 0 Å². The van der Waals surface area contributed by atoms with Crippen LogP contribution in [0.3, 0.4) is 0 Å². The van der Waals surface area contributed by atoms with Gasteiger partial charge in [0.05, 0.1) is 11.1 Å². The molecule has 0 spiro atoms. The maximum absolute atomic E-state index is 13.1. The molecule has 6 nitrogen and oxygen atoms in total. The van der Waals surface area contributed by atoms with E-state index in [-0.39, 0.29) is 40.8 Å². The first-order chi connectivity index (χ1) is 13.1. The van der Waals surface area contributed by atoms with E-state index in [0.29, 0.717) is 10.1 Å². The fraction of sp³-hybridized carbons (Fsp3) is 0.211. The number of aryl methyl sites for hydroxylation is 1. The number of aromatic carboxylic acids is 1. The maximum atomic E-state index is 13.1. The number of phenolic OH excluding ortho intramolecular Hbond substituents is 1. The molecule has 1 heterocycles. The fourth-order valence-corrected chi connectivity index (χ4v) is 3.05. The number of carbonyl (C=O) groups excluding carboxylic acids is 1. The Kier molecular flexibility index (Phi) is 4.84. The number of phenols is 1.